The number of carbonyl (C=O) groups excluding carboxylic acids is 2. The minimum atomic E-state index is -0.317. The highest BCUT2D eigenvalue weighted by molar-refractivity contribution is 7.22. The van der Waals surface area contributed by atoms with Gasteiger partial charge < -0.3 is 0 Å². The number of anilines is 1. The Bertz CT molecular complexity index is 850. The molecule has 0 spiro atoms. The predicted molar refractivity (Wildman–Crippen MR) is 85.0 cm³/mol. The van der Waals surface area contributed by atoms with Crippen LogP contribution in [0.1, 0.15) is 20.7 Å². The molecule has 1 aliphatic heterocycles. The second-order valence-electron chi connectivity index (χ2n) is 4.96. The molecule has 2 aromatic carbocycles. The lowest BCUT2D eigenvalue weighted by Crippen LogP contribution is -2.44. The first-order valence-corrected chi connectivity index (χ1v) is 7.55. The normalized spacial score (nSPS) is 13.8. The van der Waals surface area contributed by atoms with Crippen LogP contribution in [0.25, 0.3) is 10.2 Å². The molecule has 0 saturated heterocycles. The van der Waals surface area contributed by atoms with Crippen molar-refractivity contribution in [2.24, 2.45) is 0 Å². The number of hydrogen-bond donors (Lipinski definition) is 0. The first-order valence-electron chi connectivity index (χ1n) is 6.74. The highest BCUT2D eigenvalue weighted by Crippen LogP contribution is 2.31. The molecular weight excluding hydrogens is 298 g/mol. The second kappa shape index (κ2) is 4.64. The molecule has 1 aromatic heterocycles. The van der Waals surface area contributed by atoms with Crippen LogP contribution in [-0.4, -0.2) is 28.9 Å². The summed E-state index contributed by atoms with van der Waals surface area (Å²) in [5, 5.41) is 3.27. The van der Waals surface area contributed by atoms with Crippen molar-refractivity contribution in [3.8, 4) is 0 Å². The molecule has 3 aromatic rings. The zero-order chi connectivity index (χ0) is 15.3. The van der Waals surface area contributed by atoms with E-state index in [1.54, 1.807) is 31.3 Å². The van der Waals surface area contributed by atoms with Crippen LogP contribution < -0.4 is 5.01 Å². The molecule has 0 unspecified atom stereocenters. The molecule has 2 heterocycles. The van der Waals surface area contributed by atoms with Gasteiger partial charge in [0.25, 0.3) is 11.8 Å². The van der Waals surface area contributed by atoms with Gasteiger partial charge in [0.2, 0.25) is 5.13 Å². The summed E-state index contributed by atoms with van der Waals surface area (Å²) in [6.45, 7) is 0. The highest BCUT2D eigenvalue weighted by atomic mass is 32.1. The minimum absolute atomic E-state index is 0.317. The van der Waals surface area contributed by atoms with E-state index in [0.717, 1.165) is 15.2 Å². The number of benzene rings is 2. The van der Waals surface area contributed by atoms with E-state index in [-0.39, 0.29) is 11.8 Å². The molecule has 0 saturated carbocycles. The van der Waals surface area contributed by atoms with Gasteiger partial charge in [0.1, 0.15) is 0 Å². The van der Waals surface area contributed by atoms with Crippen LogP contribution >= 0.6 is 11.3 Å². The lowest BCUT2D eigenvalue weighted by Gasteiger charge is -2.24. The van der Waals surface area contributed by atoms with Crippen LogP contribution in [0.4, 0.5) is 5.13 Å². The van der Waals surface area contributed by atoms with E-state index in [9.17, 15) is 9.59 Å². The molecule has 2 amide bonds. The summed E-state index contributed by atoms with van der Waals surface area (Å²) in [7, 11) is 1.68. The molecule has 5 nitrogen and oxygen atoms in total. The summed E-state index contributed by atoms with van der Waals surface area (Å²) in [4.78, 5) is 29.4. The van der Waals surface area contributed by atoms with Gasteiger partial charge in [0.05, 0.1) is 21.3 Å². The predicted octanol–water partition coefficient (Wildman–Crippen LogP) is 2.94. The van der Waals surface area contributed by atoms with Gasteiger partial charge in [0, 0.05) is 7.05 Å². The molecule has 6 heteroatoms. The molecule has 108 valence electrons. The fourth-order valence-electron chi connectivity index (χ4n) is 2.53. The van der Waals surface area contributed by atoms with Gasteiger partial charge in [-0.25, -0.2) is 4.98 Å². The number of hydrogen-bond acceptors (Lipinski definition) is 5. The number of rotatable bonds is 2. The largest absolute Gasteiger partial charge is 0.280 e. The van der Waals surface area contributed by atoms with Gasteiger partial charge in [-0.3, -0.25) is 14.6 Å². The molecule has 4 rings (SSSR count). The Balaban J connectivity index is 1.76. The molecule has 0 N–H and O–H groups in total. The number of para-hydroxylation sites is 1. The number of nitrogens with zero attached hydrogens (tertiary/aromatic N) is 3. The van der Waals surface area contributed by atoms with Crippen molar-refractivity contribution >= 4 is 38.5 Å². The number of amides is 2. The van der Waals surface area contributed by atoms with Gasteiger partial charge >= 0.3 is 0 Å². The van der Waals surface area contributed by atoms with Crippen LogP contribution in [0.3, 0.4) is 0 Å². The first kappa shape index (κ1) is 13.0. The maximum atomic E-state index is 12.5. The number of aromatic nitrogens is 1. The van der Waals surface area contributed by atoms with Crippen molar-refractivity contribution in [3.05, 3.63) is 59.7 Å². The smallest absolute Gasteiger partial charge is 0.267 e. The Morgan fingerprint density at radius 2 is 1.55 bits per heavy atom. The molecular formula is C16H11N3O2S. The zero-order valence-electron chi connectivity index (χ0n) is 11.7. The topological polar surface area (TPSA) is 53.5 Å². The molecule has 0 radical (unpaired) electrons. The Morgan fingerprint density at radius 1 is 0.955 bits per heavy atom. The van der Waals surface area contributed by atoms with Gasteiger partial charge in [-0.1, -0.05) is 35.6 Å². The van der Waals surface area contributed by atoms with Gasteiger partial charge in [0.15, 0.2) is 0 Å². The summed E-state index contributed by atoms with van der Waals surface area (Å²) in [6.07, 6.45) is 0. The fourth-order valence-corrected chi connectivity index (χ4v) is 3.45. The van der Waals surface area contributed by atoms with Gasteiger partial charge in [-0.15, -0.1) is 0 Å². The van der Waals surface area contributed by atoms with Crippen molar-refractivity contribution in [1.29, 1.82) is 0 Å². The van der Waals surface area contributed by atoms with Crippen molar-refractivity contribution in [2.75, 3.05) is 12.1 Å². The van der Waals surface area contributed by atoms with Crippen LogP contribution in [-0.2, 0) is 0 Å². The second-order valence-corrected chi connectivity index (χ2v) is 5.96. The molecule has 0 atom stereocenters. The Morgan fingerprint density at radius 3 is 2.18 bits per heavy atom. The third-order valence-corrected chi connectivity index (χ3v) is 4.74. The summed E-state index contributed by atoms with van der Waals surface area (Å²) < 4.78 is 1.01. The van der Waals surface area contributed by atoms with Crippen molar-refractivity contribution in [3.63, 3.8) is 0 Å². The first-order chi connectivity index (χ1) is 10.7. The molecule has 1 aliphatic rings. The van der Waals surface area contributed by atoms with Gasteiger partial charge in [-0.2, -0.15) is 5.01 Å². The van der Waals surface area contributed by atoms with Crippen LogP contribution in [0.5, 0.6) is 0 Å². The summed E-state index contributed by atoms with van der Waals surface area (Å²) in [5.74, 6) is -0.635. The average molecular weight is 309 g/mol. The third-order valence-electron chi connectivity index (χ3n) is 3.63. The van der Waals surface area contributed by atoms with Crippen LogP contribution in [0.2, 0.25) is 0 Å². The number of hydrazine groups is 1. The summed E-state index contributed by atoms with van der Waals surface area (Å²) >= 11 is 1.44. The number of thiazole rings is 1. The van der Waals surface area contributed by atoms with Crippen molar-refractivity contribution < 1.29 is 9.59 Å². The summed E-state index contributed by atoms with van der Waals surface area (Å²) in [6, 6.07) is 14.6. The van der Waals surface area contributed by atoms with E-state index in [4.69, 9.17) is 0 Å². The van der Waals surface area contributed by atoms with Crippen molar-refractivity contribution in [1.82, 2.24) is 9.99 Å². The van der Waals surface area contributed by atoms with E-state index >= 15 is 0 Å². The molecule has 0 aliphatic carbocycles. The van der Waals surface area contributed by atoms with E-state index in [0.29, 0.717) is 16.3 Å². The number of carbonyl (C=O) groups is 2. The third kappa shape index (κ3) is 1.74. The van der Waals surface area contributed by atoms with Crippen LogP contribution in [0.15, 0.2) is 48.5 Å². The Kier molecular flexibility index (Phi) is 2.74. The van der Waals surface area contributed by atoms with Crippen LogP contribution in [0, 0.1) is 0 Å². The van der Waals surface area contributed by atoms with Crippen molar-refractivity contribution in [2.45, 2.75) is 0 Å². The SMILES string of the molecule is CN(c1nc2ccccc2s1)N1C(=O)c2ccccc2C1=O. The standard InChI is InChI=1S/C16H11N3O2S/c1-18(16-17-12-8-4-5-9-13(12)22-16)19-14(20)10-6-2-3-7-11(10)15(19)21/h2-9H,1H3. The Labute approximate surface area is 130 Å². The fraction of sp³-hybridized carbons (Fsp3) is 0.0625. The number of fused-ring (bicyclic) bond motifs is 2. The number of imide groups is 1. The zero-order valence-corrected chi connectivity index (χ0v) is 12.5. The van der Waals surface area contributed by atoms with E-state index in [1.807, 2.05) is 24.3 Å². The van der Waals surface area contributed by atoms with E-state index < -0.39 is 0 Å². The Hall–Kier alpha value is -2.73. The lowest BCUT2D eigenvalue weighted by molar-refractivity contribution is 0.0644. The summed E-state index contributed by atoms with van der Waals surface area (Å²) in [5.41, 5.74) is 1.71. The van der Waals surface area contributed by atoms with Gasteiger partial charge in [-0.05, 0) is 24.3 Å². The lowest BCUT2D eigenvalue weighted by atomic mass is 10.1. The minimum Gasteiger partial charge on any atom is -0.267 e. The average Bonchev–Trinajstić information content (AvgIpc) is 3.08. The monoisotopic (exact) mass is 309 g/mol. The molecule has 0 bridgehead atoms. The van der Waals surface area contributed by atoms with E-state index in [2.05, 4.69) is 4.98 Å². The highest BCUT2D eigenvalue weighted by Gasteiger charge is 2.38. The maximum Gasteiger partial charge on any atom is 0.280 e. The molecule has 22 heavy (non-hydrogen) atoms. The van der Waals surface area contributed by atoms with E-state index in [1.165, 1.54) is 16.3 Å². The quantitative estimate of drug-likeness (QED) is 0.683. The maximum absolute atomic E-state index is 12.5. The molecule has 0 fully saturated rings.